The van der Waals surface area contributed by atoms with E-state index in [1.165, 1.54) is 0 Å². The molecule has 0 radical (unpaired) electrons. The van der Waals surface area contributed by atoms with Gasteiger partial charge in [-0.1, -0.05) is 53.7 Å². The molecule has 0 aliphatic carbocycles. The number of nitrogens with zero attached hydrogens (tertiary/aromatic N) is 2. The van der Waals surface area contributed by atoms with Gasteiger partial charge in [0.25, 0.3) is 5.56 Å². The fourth-order valence-electron chi connectivity index (χ4n) is 2.94. The maximum absolute atomic E-state index is 12.9. The number of H-pyrrole nitrogens is 1. The second kappa shape index (κ2) is 6.58. The Labute approximate surface area is 153 Å². The van der Waals surface area contributed by atoms with Gasteiger partial charge in [0.1, 0.15) is 11.0 Å². The van der Waals surface area contributed by atoms with Crippen LogP contribution in [0.1, 0.15) is 12.5 Å². The second-order valence-electron chi connectivity index (χ2n) is 5.76. The molecule has 1 N–H and O–H groups in total. The quantitative estimate of drug-likeness (QED) is 0.413. The van der Waals surface area contributed by atoms with E-state index in [0.717, 1.165) is 27.1 Å². The van der Waals surface area contributed by atoms with Crippen LogP contribution in [-0.2, 0) is 12.3 Å². The molecule has 126 valence electrons. The Balaban J connectivity index is 1.82. The average Bonchev–Trinajstić information content (AvgIpc) is 2.99. The van der Waals surface area contributed by atoms with Gasteiger partial charge in [-0.25, -0.2) is 4.98 Å². The Morgan fingerprint density at radius 3 is 2.84 bits per heavy atom. The Morgan fingerprint density at radius 2 is 2.04 bits per heavy atom. The van der Waals surface area contributed by atoms with Gasteiger partial charge in [-0.15, -0.1) is 0 Å². The fourth-order valence-corrected chi connectivity index (χ4v) is 4.15. The summed E-state index contributed by atoms with van der Waals surface area (Å²) < 4.78 is 1.72. The predicted octanol–water partition coefficient (Wildman–Crippen LogP) is 4.84. The summed E-state index contributed by atoms with van der Waals surface area (Å²) in [6.45, 7) is 2.54. The van der Waals surface area contributed by atoms with E-state index in [1.54, 1.807) is 16.3 Å². The van der Waals surface area contributed by atoms with Gasteiger partial charge < -0.3 is 4.98 Å². The molecule has 0 saturated heterocycles. The summed E-state index contributed by atoms with van der Waals surface area (Å²) in [7, 11) is 0. The van der Waals surface area contributed by atoms with Gasteiger partial charge in [-0.3, -0.25) is 9.36 Å². The SMILES string of the molecule is CCn1c(SCc2cccc(Cl)c2)nc2c([nH]c3ccccc32)c1=O. The summed E-state index contributed by atoms with van der Waals surface area (Å²) >= 11 is 7.61. The minimum absolute atomic E-state index is 0.0303. The lowest BCUT2D eigenvalue weighted by atomic mass is 10.2. The number of rotatable bonds is 4. The lowest BCUT2D eigenvalue weighted by molar-refractivity contribution is 0.634. The van der Waals surface area contributed by atoms with Crippen molar-refractivity contribution in [1.29, 1.82) is 0 Å². The van der Waals surface area contributed by atoms with Gasteiger partial charge in [0, 0.05) is 28.2 Å². The van der Waals surface area contributed by atoms with Crippen molar-refractivity contribution in [2.45, 2.75) is 24.4 Å². The van der Waals surface area contributed by atoms with Crippen LogP contribution in [0.4, 0.5) is 0 Å². The van der Waals surface area contributed by atoms with Crippen LogP contribution in [0.2, 0.25) is 5.02 Å². The highest BCUT2D eigenvalue weighted by Gasteiger charge is 2.15. The van der Waals surface area contributed by atoms with Crippen LogP contribution in [0.15, 0.2) is 58.5 Å². The molecule has 0 bridgehead atoms. The molecule has 0 unspecified atom stereocenters. The van der Waals surface area contributed by atoms with Crippen LogP contribution in [0, 0.1) is 0 Å². The third kappa shape index (κ3) is 2.94. The number of hydrogen-bond donors (Lipinski definition) is 1. The molecule has 4 rings (SSSR count). The summed E-state index contributed by atoms with van der Waals surface area (Å²) in [5.74, 6) is 0.709. The highest BCUT2D eigenvalue weighted by Crippen LogP contribution is 2.26. The van der Waals surface area contributed by atoms with Gasteiger partial charge in [0.2, 0.25) is 0 Å². The monoisotopic (exact) mass is 369 g/mol. The van der Waals surface area contributed by atoms with E-state index >= 15 is 0 Å². The maximum Gasteiger partial charge on any atom is 0.278 e. The average molecular weight is 370 g/mol. The largest absolute Gasteiger partial charge is 0.349 e. The van der Waals surface area contributed by atoms with Gasteiger partial charge in [-0.05, 0) is 30.7 Å². The van der Waals surface area contributed by atoms with E-state index in [-0.39, 0.29) is 5.56 Å². The van der Waals surface area contributed by atoms with Crippen LogP contribution in [-0.4, -0.2) is 14.5 Å². The molecule has 4 aromatic rings. The molecule has 6 heteroatoms. The third-order valence-electron chi connectivity index (χ3n) is 4.15. The van der Waals surface area contributed by atoms with E-state index in [2.05, 4.69) is 4.98 Å². The minimum atomic E-state index is -0.0303. The van der Waals surface area contributed by atoms with Crippen molar-refractivity contribution in [2.75, 3.05) is 0 Å². The van der Waals surface area contributed by atoms with Crippen molar-refractivity contribution in [1.82, 2.24) is 14.5 Å². The van der Waals surface area contributed by atoms with Crippen LogP contribution >= 0.6 is 23.4 Å². The van der Waals surface area contributed by atoms with Gasteiger partial charge in [-0.2, -0.15) is 0 Å². The van der Waals surface area contributed by atoms with Crippen molar-refractivity contribution < 1.29 is 0 Å². The third-order valence-corrected chi connectivity index (χ3v) is 5.43. The molecular formula is C19H16ClN3OS. The fraction of sp³-hybridized carbons (Fsp3) is 0.158. The highest BCUT2D eigenvalue weighted by atomic mass is 35.5. The summed E-state index contributed by atoms with van der Waals surface area (Å²) in [5.41, 5.74) is 3.31. The van der Waals surface area contributed by atoms with E-state index in [1.807, 2.05) is 55.5 Å². The molecule has 0 atom stereocenters. The van der Waals surface area contributed by atoms with E-state index in [0.29, 0.717) is 22.8 Å². The first-order valence-electron chi connectivity index (χ1n) is 8.06. The smallest absolute Gasteiger partial charge is 0.278 e. The molecule has 2 heterocycles. The Bertz CT molecular complexity index is 1130. The van der Waals surface area contributed by atoms with Crippen molar-refractivity contribution in [3.63, 3.8) is 0 Å². The second-order valence-corrected chi connectivity index (χ2v) is 7.14. The van der Waals surface area contributed by atoms with Crippen LogP contribution in [0.5, 0.6) is 0 Å². The normalized spacial score (nSPS) is 11.4. The lowest BCUT2D eigenvalue weighted by Crippen LogP contribution is -2.22. The first kappa shape index (κ1) is 16.2. The Kier molecular flexibility index (Phi) is 4.27. The number of thioether (sulfide) groups is 1. The zero-order valence-corrected chi connectivity index (χ0v) is 15.2. The topological polar surface area (TPSA) is 50.7 Å². The molecule has 2 aromatic carbocycles. The van der Waals surface area contributed by atoms with Crippen LogP contribution in [0.3, 0.4) is 0 Å². The van der Waals surface area contributed by atoms with Crippen molar-refractivity contribution in [3.05, 3.63) is 69.5 Å². The molecule has 25 heavy (non-hydrogen) atoms. The molecule has 0 aliphatic rings. The molecule has 0 amide bonds. The van der Waals surface area contributed by atoms with Gasteiger partial charge in [0.15, 0.2) is 5.16 Å². The molecule has 0 saturated carbocycles. The van der Waals surface area contributed by atoms with Crippen LogP contribution < -0.4 is 5.56 Å². The summed E-state index contributed by atoms with van der Waals surface area (Å²) in [6, 6.07) is 15.6. The number of hydrogen-bond acceptors (Lipinski definition) is 3. The molecule has 0 aliphatic heterocycles. The first-order chi connectivity index (χ1) is 12.2. The van der Waals surface area contributed by atoms with Crippen LogP contribution in [0.25, 0.3) is 21.9 Å². The standard InChI is InChI=1S/C19H16ClN3OS/c1-2-23-18(24)17-16(14-8-3-4-9-15(14)21-17)22-19(23)25-11-12-6-5-7-13(20)10-12/h3-10,21H,2,11H2,1H3. The summed E-state index contributed by atoms with van der Waals surface area (Å²) in [5, 5.41) is 2.42. The number of aromatic nitrogens is 3. The van der Waals surface area contributed by atoms with Gasteiger partial charge >= 0.3 is 0 Å². The minimum Gasteiger partial charge on any atom is -0.349 e. The maximum atomic E-state index is 12.9. The number of benzene rings is 2. The zero-order valence-electron chi connectivity index (χ0n) is 13.6. The number of aromatic amines is 1. The van der Waals surface area contributed by atoms with Crippen molar-refractivity contribution in [2.24, 2.45) is 0 Å². The molecule has 2 aromatic heterocycles. The summed E-state index contributed by atoms with van der Waals surface area (Å²) in [6.07, 6.45) is 0. The first-order valence-corrected chi connectivity index (χ1v) is 9.42. The Morgan fingerprint density at radius 1 is 1.20 bits per heavy atom. The van der Waals surface area contributed by atoms with E-state index in [9.17, 15) is 4.79 Å². The van der Waals surface area contributed by atoms with Crippen molar-refractivity contribution in [3.8, 4) is 0 Å². The number of fused-ring (bicyclic) bond motifs is 3. The molecule has 0 fully saturated rings. The molecule has 4 nitrogen and oxygen atoms in total. The molecular weight excluding hydrogens is 354 g/mol. The number of nitrogens with one attached hydrogen (secondary N) is 1. The van der Waals surface area contributed by atoms with Gasteiger partial charge in [0.05, 0.1) is 0 Å². The number of halogens is 1. The van der Waals surface area contributed by atoms with E-state index in [4.69, 9.17) is 16.6 Å². The summed E-state index contributed by atoms with van der Waals surface area (Å²) in [4.78, 5) is 20.9. The highest BCUT2D eigenvalue weighted by molar-refractivity contribution is 7.98. The molecule has 0 spiro atoms. The van der Waals surface area contributed by atoms with Crippen molar-refractivity contribution >= 4 is 45.3 Å². The number of para-hydroxylation sites is 1. The predicted molar refractivity (Wildman–Crippen MR) is 105 cm³/mol. The van der Waals surface area contributed by atoms with E-state index < -0.39 is 0 Å². The lowest BCUT2D eigenvalue weighted by Gasteiger charge is -2.10. The Hall–Kier alpha value is -2.24. The zero-order chi connectivity index (χ0) is 17.4.